The van der Waals surface area contributed by atoms with E-state index in [0.717, 1.165) is 64.1 Å². The summed E-state index contributed by atoms with van der Waals surface area (Å²) in [6.45, 7) is 7.54. The molecule has 26 heavy (non-hydrogen) atoms. The van der Waals surface area contributed by atoms with Gasteiger partial charge in [0.2, 0.25) is 0 Å². The minimum absolute atomic E-state index is 0. The highest BCUT2D eigenvalue weighted by atomic mass is 127. The van der Waals surface area contributed by atoms with Crippen LogP contribution >= 0.6 is 24.0 Å². The molecule has 0 unspecified atom stereocenters. The number of hydrogen-bond donors (Lipinski definition) is 2. The minimum Gasteiger partial charge on any atom is -0.379 e. The first-order chi connectivity index (χ1) is 12.3. The Morgan fingerprint density at radius 1 is 1.15 bits per heavy atom. The van der Waals surface area contributed by atoms with Gasteiger partial charge in [-0.25, -0.2) is 0 Å². The molecule has 1 aliphatic carbocycles. The van der Waals surface area contributed by atoms with Crippen molar-refractivity contribution in [3.63, 3.8) is 0 Å². The van der Waals surface area contributed by atoms with E-state index in [9.17, 15) is 0 Å². The summed E-state index contributed by atoms with van der Waals surface area (Å²) in [7, 11) is 0. The fourth-order valence-electron chi connectivity index (χ4n) is 3.19. The number of piperidine rings is 1. The van der Waals surface area contributed by atoms with Crippen molar-refractivity contribution in [2.24, 2.45) is 10.9 Å². The first-order valence-electron chi connectivity index (χ1n) is 9.77. The van der Waals surface area contributed by atoms with Crippen LogP contribution in [0.5, 0.6) is 0 Å². The Kier molecular flexibility index (Phi) is 9.53. The van der Waals surface area contributed by atoms with Crippen LogP contribution in [-0.4, -0.2) is 51.4 Å². The van der Waals surface area contributed by atoms with Crippen molar-refractivity contribution < 1.29 is 4.74 Å². The molecule has 0 aromatic heterocycles. The number of guanidine groups is 1. The number of hydrogen-bond acceptors (Lipinski definition) is 3. The number of anilines is 1. The summed E-state index contributed by atoms with van der Waals surface area (Å²) < 4.78 is 5.67. The van der Waals surface area contributed by atoms with Gasteiger partial charge in [0, 0.05) is 38.0 Å². The number of ether oxygens (including phenoxy) is 1. The molecule has 2 fully saturated rings. The van der Waals surface area contributed by atoms with Gasteiger partial charge in [-0.15, -0.1) is 24.0 Å². The molecule has 1 saturated carbocycles. The lowest BCUT2D eigenvalue weighted by Crippen LogP contribution is -2.48. The highest BCUT2D eigenvalue weighted by Crippen LogP contribution is 2.28. The topological polar surface area (TPSA) is 48.9 Å². The summed E-state index contributed by atoms with van der Waals surface area (Å²) in [6.07, 6.45) is 4.96. The number of benzene rings is 1. The van der Waals surface area contributed by atoms with E-state index in [0.29, 0.717) is 6.04 Å². The van der Waals surface area contributed by atoms with E-state index in [1.165, 1.54) is 18.5 Å². The zero-order valence-corrected chi connectivity index (χ0v) is 18.2. The molecule has 0 atom stereocenters. The van der Waals surface area contributed by atoms with Crippen molar-refractivity contribution >= 4 is 35.6 Å². The number of nitrogens with one attached hydrogen (secondary N) is 2. The minimum atomic E-state index is 0. The molecule has 2 aliphatic rings. The normalized spacial score (nSPS) is 18.3. The quantitative estimate of drug-likeness (QED) is 0.264. The van der Waals surface area contributed by atoms with Gasteiger partial charge >= 0.3 is 0 Å². The Hall–Kier alpha value is -1.02. The molecule has 2 N–H and O–H groups in total. The van der Waals surface area contributed by atoms with Gasteiger partial charge in [0.25, 0.3) is 0 Å². The second-order valence-electron chi connectivity index (χ2n) is 7.02. The largest absolute Gasteiger partial charge is 0.379 e. The highest BCUT2D eigenvalue weighted by molar-refractivity contribution is 14.0. The maximum absolute atomic E-state index is 5.67. The van der Waals surface area contributed by atoms with E-state index in [2.05, 4.69) is 57.8 Å². The molecular weight excluding hydrogens is 439 g/mol. The van der Waals surface area contributed by atoms with Gasteiger partial charge in [-0.1, -0.05) is 18.2 Å². The first kappa shape index (κ1) is 21.3. The molecule has 0 amide bonds. The summed E-state index contributed by atoms with van der Waals surface area (Å²) in [4.78, 5) is 7.12. The van der Waals surface area contributed by atoms with Gasteiger partial charge in [0.15, 0.2) is 5.96 Å². The zero-order chi connectivity index (χ0) is 17.3. The maximum Gasteiger partial charge on any atom is 0.191 e. The standard InChI is InChI=1S/C20H32N4O.HI/c1-2-21-20(22-12-15-25-16-17-8-9-17)23-18-10-13-24(14-11-18)19-6-4-3-5-7-19;/h3-7,17-18H,2,8-16H2,1H3,(H2,21,22,23);1H. The van der Waals surface area contributed by atoms with Gasteiger partial charge in [0.05, 0.1) is 13.2 Å². The van der Waals surface area contributed by atoms with Crippen LogP contribution in [0.3, 0.4) is 0 Å². The van der Waals surface area contributed by atoms with Crippen molar-refractivity contribution in [1.82, 2.24) is 10.6 Å². The third-order valence-corrected chi connectivity index (χ3v) is 4.86. The molecule has 1 aromatic rings. The molecule has 0 radical (unpaired) electrons. The van der Waals surface area contributed by atoms with Crippen LogP contribution in [0.2, 0.25) is 0 Å². The lowest BCUT2D eigenvalue weighted by atomic mass is 10.0. The molecule has 1 aromatic carbocycles. The molecular formula is C20H33IN4O. The van der Waals surface area contributed by atoms with E-state index in [4.69, 9.17) is 4.74 Å². The summed E-state index contributed by atoms with van der Waals surface area (Å²) in [6, 6.07) is 11.2. The lowest BCUT2D eigenvalue weighted by molar-refractivity contribution is 0.131. The molecule has 0 bridgehead atoms. The highest BCUT2D eigenvalue weighted by Gasteiger charge is 2.21. The predicted octanol–water partition coefficient (Wildman–Crippen LogP) is 3.26. The van der Waals surface area contributed by atoms with Gasteiger partial charge < -0.3 is 20.3 Å². The Bertz CT molecular complexity index is 528. The fourth-order valence-corrected chi connectivity index (χ4v) is 3.19. The fraction of sp³-hybridized carbons (Fsp3) is 0.650. The van der Waals surface area contributed by atoms with E-state index in [1.807, 2.05) is 0 Å². The van der Waals surface area contributed by atoms with E-state index < -0.39 is 0 Å². The molecule has 1 saturated heterocycles. The third-order valence-electron chi connectivity index (χ3n) is 4.86. The van der Waals surface area contributed by atoms with Crippen LogP contribution in [0, 0.1) is 5.92 Å². The Balaban J connectivity index is 0.00000243. The summed E-state index contributed by atoms with van der Waals surface area (Å²) in [5.41, 5.74) is 1.33. The summed E-state index contributed by atoms with van der Waals surface area (Å²) in [5, 5.41) is 6.95. The van der Waals surface area contributed by atoms with Crippen molar-refractivity contribution in [2.75, 3.05) is 44.3 Å². The average molecular weight is 472 g/mol. The predicted molar refractivity (Wildman–Crippen MR) is 120 cm³/mol. The van der Waals surface area contributed by atoms with Crippen LogP contribution < -0.4 is 15.5 Å². The summed E-state index contributed by atoms with van der Waals surface area (Å²) in [5.74, 6) is 1.75. The molecule has 0 spiro atoms. The SMILES string of the molecule is CCNC(=NCCOCC1CC1)NC1CCN(c2ccccc2)CC1.I. The first-order valence-corrected chi connectivity index (χ1v) is 9.77. The molecule has 6 heteroatoms. The number of para-hydroxylation sites is 1. The van der Waals surface area contributed by atoms with Crippen LogP contribution in [-0.2, 0) is 4.74 Å². The number of aliphatic imine (C=N–C) groups is 1. The maximum atomic E-state index is 5.67. The van der Waals surface area contributed by atoms with Crippen molar-refractivity contribution in [3.05, 3.63) is 30.3 Å². The van der Waals surface area contributed by atoms with E-state index >= 15 is 0 Å². The van der Waals surface area contributed by atoms with Crippen LogP contribution in [0.25, 0.3) is 0 Å². The van der Waals surface area contributed by atoms with Crippen LogP contribution in [0.1, 0.15) is 32.6 Å². The Labute approximate surface area is 175 Å². The van der Waals surface area contributed by atoms with Gasteiger partial charge in [-0.3, -0.25) is 4.99 Å². The number of nitrogens with zero attached hydrogens (tertiary/aromatic N) is 2. The molecule has 1 heterocycles. The molecule has 1 aliphatic heterocycles. The van der Waals surface area contributed by atoms with Crippen LogP contribution in [0.15, 0.2) is 35.3 Å². The average Bonchev–Trinajstić information content (AvgIpc) is 3.47. The summed E-state index contributed by atoms with van der Waals surface area (Å²) >= 11 is 0. The van der Waals surface area contributed by atoms with Crippen molar-refractivity contribution in [1.29, 1.82) is 0 Å². The van der Waals surface area contributed by atoms with Gasteiger partial charge in [-0.2, -0.15) is 0 Å². The van der Waals surface area contributed by atoms with Crippen LogP contribution in [0.4, 0.5) is 5.69 Å². The molecule has 3 rings (SSSR count). The lowest BCUT2D eigenvalue weighted by Gasteiger charge is -2.34. The number of rotatable bonds is 8. The van der Waals surface area contributed by atoms with Crippen molar-refractivity contribution in [3.8, 4) is 0 Å². The van der Waals surface area contributed by atoms with Crippen molar-refractivity contribution in [2.45, 2.75) is 38.6 Å². The Morgan fingerprint density at radius 2 is 1.88 bits per heavy atom. The third kappa shape index (κ3) is 7.31. The van der Waals surface area contributed by atoms with Gasteiger partial charge in [-0.05, 0) is 50.7 Å². The molecule has 5 nitrogen and oxygen atoms in total. The Morgan fingerprint density at radius 3 is 2.54 bits per heavy atom. The second-order valence-corrected chi connectivity index (χ2v) is 7.02. The smallest absolute Gasteiger partial charge is 0.191 e. The second kappa shape index (κ2) is 11.6. The monoisotopic (exact) mass is 472 g/mol. The van der Waals surface area contributed by atoms with E-state index in [-0.39, 0.29) is 24.0 Å². The molecule has 146 valence electrons. The zero-order valence-electron chi connectivity index (χ0n) is 15.8. The number of halogens is 1. The van der Waals surface area contributed by atoms with E-state index in [1.54, 1.807) is 0 Å². The van der Waals surface area contributed by atoms with Gasteiger partial charge in [0.1, 0.15) is 0 Å².